The number of nitrogens with one attached hydrogen (secondary N) is 2. The van der Waals surface area contributed by atoms with Crippen LogP contribution in [0.25, 0.3) is 0 Å². The molecular formula is C56H63N5O11. The second kappa shape index (κ2) is 22.4. The Morgan fingerprint density at radius 3 is 1.89 bits per heavy atom. The molecule has 16 nitrogen and oxygen atoms in total. The normalized spacial score (nSPS) is 20.0. The first-order valence-corrected chi connectivity index (χ1v) is 24.2. The lowest BCUT2D eigenvalue weighted by Crippen LogP contribution is -2.48. The third-order valence-electron chi connectivity index (χ3n) is 13.6. The lowest BCUT2D eigenvalue weighted by atomic mass is 9.81. The van der Waals surface area contributed by atoms with Gasteiger partial charge in [0.1, 0.15) is 25.8 Å². The Bertz CT molecular complexity index is 2820. The number of unbranched alkanes of at least 4 members (excludes halogenated alkanes) is 2. The highest BCUT2D eigenvalue weighted by atomic mass is 16.6. The fourth-order valence-electron chi connectivity index (χ4n) is 9.52. The van der Waals surface area contributed by atoms with E-state index >= 15 is 0 Å². The van der Waals surface area contributed by atoms with Crippen molar-refractivity contribution in [1.82, 2.24) is 4.90 Å². The number of anilines is 2. The fourth-order valence-corrected chi connectivity index (χ4v) is 9.52. The number of hydrogen-bond donors (Lipinski definition) is 4. The van der Waals surface area contributed by atoms with Crippen molar-refractivity contribution in [3.63, 3.8) is 0 Å². The number of rotatable bonds is 18. The van der Waals surface area contributed by atoms with Crippen LogP contribution in [0.2, 0.25) is 0 Å². The highest BCUT2D eigenvalue weighted by Gasteiger charge is 2.43. The highest BCUT2D eigenvalue weighted by molar-refractivity contribution is 6.12. The van der Waals surface area contributed by atoms with E-state index < -0.39 is 30.5 Å². The minimum absolute atomic E-state index is 0.0199. The van der Waals surface area contributed by atoms with Gasteiger partial charge in [-0.3, -0.25) is 9.59 Å². The molecule has 4 unspecified atom stereocenters. The highest BCUT2D eigenvalue weighted by Crippen LogP contribution is 2.44. The van der Waals surface area contributed by atoms with Crippen molar-refractivity contribution < 1.29 is 53.0 Å². The zero-order chi connectivity index (χ0) is 51.2. The molecule has 0 saturated heterocycles. The van der Waals surface area contributed by atoms with E-state index in [4.69, 9.17) is 39.2 Å². The first-order chi connectivity index (χ1) is 34.6. The smallest absolute Gasteiger partial charge is 0.416 e. The molecule has 4 aromatic carbocycles. The summed E-state index contributed by atoms with van der Waals surface area (Å²) in [6.07, 6.45) is 5.35. The molecule has 0 fully saturated rings. The molecule has 72 heavy (non-hydrogen) atoms. The van der Waals surface area contributed by atoms with Gasteiger partial charge in [-0.2, -0.15) is 0 Å². The molecule has 378 valence electrons. The quantitative estimate of drug-likeness (QED) is 0.0418. The minimum atomic E-state index is -1.37. The Balaban J connectivity index is 0.944. The summed E-state index contributed by atoms with van der Waals surface area (Å²) in [7, 11) is 2.98. The predicted octanol–water partition coefficient (Wildman–Crippen LogP) is 9.48. The first-order valence-electron chi connectivity index (χ1n) is 24.2. The summed E-state index contributed by atoms with van der Waals surface area (Å²) in [5.74, 6) is 0.150. The van der Waals surface area contributed by atoms with Crippen LogP contribution in [0, 0.1) is 16.7 Å². The summed E-state index contributed by atoms with van der Waals surface area (Å²) < 4.78 is 36.0. The van der Waals surface area contributed by atoms with Crippen LogP contribution in [0.15, 0.2) is 108 Å². The molecule has 4 N–H and O–H groups in total. The molecule has 4 aromatic rings. The Morgan fingerprint density at radius 1 is 0.708 bits per heavy atom. The maximum atomic E-state index is 14.1. The third-order valence-corrected chi connectivity index (χ3v) is 13.6. The average molecular weight is 982 g/mol. The standard InChI is InChI=1S/C56H63N5O11/c1-33-10-15-41-24-48(62)43-25-49(67-5)52(28-46(43)61(54(64)42(41)22-33)56(66)72-31-38-13-18-40(19-14-38)36(4)58)71-21-9-7-8-20-70-51-27-45-44(26-50(51)68-6)53(63)59-29-34(2)23-47(59)55(65)60(45)32-69-30-37-11-16-39(17-12-37)35(3)57/h10-14,16-19,24-29,42,47,54-55,57-58,64-65H,7-9,15,20-23,30-32H2,1-6H3/b41-24-,57-35?,58-36?. The number of carbonyl (C=O) groups is 3. The zero-order valence-corrected chi connectivity index (χ0v) is 41.7. The molecular weight excluding hydrogens is 919 g/mol. The van der Waals surface area contributed by atoms with Crippen molar-refractivity contribution in [1.29, 1.82) is 10.8 Å². The number of nitrogens with zero attached hydrogens (tertiary/aromatic N) is 3. The monoisotopic (exact) mass is 981 g/mol. The summed E-state index contributed by atoms with van der Waals surface area (Å²) in [4.78, 5) is 46.6. The van der Waals surface area contributed by atoms with Crippen LogP contribution < -0.4 is 28.7 Å². The minimum Gasteiger partial charge on any atom is -0.493 e. The zero-order valence-electron chi connectivity index (χ0n) is 41.7. The molecule has 0 bridgehead atoms. The maximum absolute atomic E-state index is 14.1. The lowest BCUT2D eigenvalue weighted by Gasteiger charge is -2.38. The Hall–Kier alpha value is -7.27. The van der Waals surface area contributed by atoms with Gasteiger partial charge in [0.25, 0.3) is 5.91 Å². The van der Waals surface area contributed by atoms with Gasteiger partial charge < -0.3 is 59.3 Å². The van der Waals surface area contributed by atoms with Gasteiger partial charge in [0.15, 0.2) is 28.8 Å². The number of aliphatic hydroxyl groups is 2. The first kappa shape index (κ1) is 51.1. The summed E-state index contributed by atoms with van der Waals surface area (Å²) in [6, 6.07) is 20.6. The SMILES string of the molecule is COc1cc2c(cc1OCCCCCOc1cc3c(cc1OC)C(=O)/C=C1/CC=C(C)CC1C(O)N3C(=O)OCc1ccc(C(C)=N)cc1)N(COCc1ccc(C(C)=N)cc1)C(O)C1CC(C)=CN1C2=O. The summed E-state index contributed by atoms with van der Waals surface area (Å²) in [6.45, 7) is 7.98. The molecule has 1 aliphatic carbocycles. The van der Waals surface area contributed by atoms with E-state index in [1.807, 2.05) is 44.2 Å². The molecule has 0 saturated carbocycles. The summed E-state index contributed by atoms with van der Waals surface area (Å²) in [5.41, 5.74) is 7.81. The Morgan fingerprint density at radius 2 is 1.29 bits per heavy atom. The number of carbonyl (C=O) groups excluding carboxylic acids is 3. The molecule has 2 amide bonds. The van der Waals surface area contributed by atoms with Gasteiger partial charge in [-0.05, 0) is 107 Å². The summed E-state index contributed by atoms with van der Waals surface area (Å²) in [5, 5.41) is 39.7. The van der Waals surface area contributed by atoms with Crippen molar-refractivity contribution in [2.45, 2.75) is 97.9 Å². The van der Waals surface area contributed by atoms with Gasteiger partial charge >= 0.3 is 6.09 Å². The predicted molar refractivity (Wildman–Crippen MR) is 273 cm³/mol. The number of ether oxygens (including phenoxy) is 6. The molecule has 0 spiro atoms. The van der Waals surface area contributed by atoms with E-state index in [0.717, 1.165) is 32.7 Å². The number of benzene rings is 4. The number of allylic oxidation sites excluding steroid dienone is 3. The average Bonchev–Trinajstić information content (AvgIpc) is 3.75. The van der Waals surface area contributed by atoms with Crippen LogP contribution in [-0.4, -0.2) is 97.0 Å². The molecule has 8 rings (SSSR count). The van der Waals surface area contributed by atoms with E-state index in [0.29, 0.717) is 90.4 Å². The number of amides is 2. The van der Waals surface area contributed by atoms with E-state index in [1.54, 1.807) is 78.4 Å². The van der Waals surface area contributed by atoms with Crippen LogP contribution in [0.4, 0.5) is 16.2 Å². The van der Waals surface area contributed by atoms with Gasteiger partial charge in [-0.1, -0.05) is 71.3 Å². The van der Waals surface area contributed by atoms with Crippen LogP contribution in [0.3, 0.4) is 0 Å². The molecule has 3 heterocycles. The molecule has 0 aromatic heterocycles. The Labute approximate surface area is 420 Å². The molecule has 0 radical (unpaired) electrons. The van der Waals surface area contributed by atoms with Crippen molar-refractivity contribution in [2.75, 3.05) is 44.0 Å². The number of ketones is 1. The van der Waals surface area contributed by atoms with Crippen LogP contribution >= 0.6 is 0 Å². The molecule has 4 atom stereocenters. The number of hydrogen-bond acceptors (Lipinski definition) is 14. The van der Waals surface area contributed by atoms with Gasteiger partial charge in [0.2, 0.25) is 0 Å². The third kappa shape index (κ3) is 11.1. The van der Waals surface area contributed by atoms with Crippen molar-refractivity contribution in [3.05, 3.63) is 141 Å². The van der Waals surface area contributed by atoms with Crippen LogP contribution in [0.5, 0.6) is 23.0 Å². The van der Waals surface area contributed by atoms with Gasteiger partial charge in [-0.15, -0.1) is 0 Å². The van der Waals surface area contributed by atoms with E-state index in [-0.39, 0.29) is 61.0 Å². The molecule has 3 aliphatic heterocycles. The van der Waals surface area contributed by atoms with Gasteiger partial charge in [-0.25, -0.2) is 9.69 Å². The Kier molecular flexibility index (Phi) is 15.9. The summed E-state index contributed by atoms with van der Waals surface area (Å²) >= 11 is 0. The van der Waals surface area contributed by atoms with Crippen molar-refractivity contribution >= 4 is 40.6 Å². The number of fused-ring (bicyclic) bond motifs is 4. The fraction of sp³-hybridized carbons (Fsp3) is 0.375. The van der Waals surface area contributed by atoms with Crippen molar-refractivity contribution in [2.24, 2.45) is 5.92 Å². The molecule has 16 heteroatoms. The topological polar surface area (TPSA) is 204 Å². The van der Waals surface area contributed by atoms with Crippen LogP contribution in [-0.2, 0) is 22.7 Å². The largest absolute Gasteiger partial charge is 0.493 e. The van der Waals surface area contributed by atoms with Crippen molar-refractivity contribution in [3.8, 4) is 23.0 Å². The van der Waals surface area contributed by atoms with Crippen LogP contribution in [0.1, 0.15) is 109 Å². The van der Waals surface area contributed by atoms with E-state index in [1.165, 1.54) is 20.3 Å². The van der Waals surface area contributed by atoms with E-state index in [9.17, 15) is 24.6 Å². The van der Waals surface area contributed by atoms with E-state index in [2.05, 4.69) is 0 Å². The maximum Gasteiger partial charge on any atom is 0.416 e. The number of methoxy groups -OCH3 is 2. The molecule has 4 aliphatic rings. The van der Waals surface area contributed by atoms with Gasteiger partial charge in [0.05, 0.1) is 57.0 Å². The number of aliphatic hydroxyl groups excluding tert-OH is 2. The second-order valence-corrected chi connectivity index (χ2v) is 18.7. The van der Waals surface area contributed by atoms with Gasteiger partial charge in [0, 0.05) is 41.2 Å². The lowest BCUT2D eigenvalue weighted by molar-refractivity contribution is 0.0373. The second-order valence-electron chi connectivity index (χ2n) is 18.7.